The van der Waals surface area contributed by atoms with E-state index in [9.17, 15) is 23.1 Å². The van der Waals surface area contributed by atoms with E-state index in [1.165, 1.54) is 0 Å². The summed E-state index contributed by atoms with van der Waals surface area (Å²) in [6.07, 6.45) is -2.94. The van der Waals surface area contributed by atoms with E-state index in [1.54, 1.807) is 0 Å². The third-order valence-corrected chi connectivity index (χ3v) is 3.04. The highest BCUT2D eigenvalue weighted by Gasteiger charge is 2.33. The zero-order chi connectivity index (χ0) is 15.1. The lowest BCUT2D eigenvalue weighted by Crippen LogP contribution is -2.10. The molecule has 2 heterocycles. The minimum Gasteiger partial charge on any atom is -0.477 e. The van der Waals surface area contributed by atoms with Crippen LogP contribution in [0, 0.1) is 0 Å². The van der Waals surface area contributed by atoms with Gasteiger partial charge in [0.15, 0.2) is 11.3 Å². The molecule has 0 spiro atoms. The number of hydrogen-bond acceptors (Lipinski definition) is 2. The number of imidazole rings is 1. The molecule has 8 heteroatoms. The summed E-state index contributed by atoms with van der Waals surface area (Å²) in [5.41, 5.74) is -1.06. The molecule has 0 saturated heterocycles. The van der Waals surface area contributed by atoms with Gasteiger partial charge in [0.25, 0.3) is 0 Å². The van der Waals surface area contributed by atoms with Crippen LogP contribution in [-0.4, -0.2) is 20.5 Å². The maximum Gasteiger partial charge on any atom is 0.417 e. The number of alkyl halides is 3. The molecular formula is C12H10ClF3N2O2. The molecule has 0 unspecified atom stereocenters. The van der Waals surface area contributed by atoms with Gasteiger partial charge in [0.2, 0.25) is 0 Å². The molecule has 108 valence electrons. The van der Waals surface area contributed by atoms with Gasteiger partial charge in [0.05, 0.1) is 16.3 Å². The quantitative estimate of drug-likeness (QED) is 0.941. The van der Waals surface area contributed by atoms with Crippen molar-refractivity contribution in [1.82, 2.24) is 9.38 Å². The zero-order valence-corrected chi connectivity index (χ0v) is 11.1. The number of pyridine rings is 1. The van der Waals surface area contributed by atoms with Gasteiger partial charge in [-0.15, -0.1) is 0 Å². The Kier molecular flexibility index (Phi) is 3.64. The van der Waals surface area contributed by atoms with E-state index in [2.05, 4.69) is 4.98 Å². The number of hydrogen-bond donors (Lipinski definition) is 1. The fourth-order valence-electron chi connectivity index (χ4n) is 1.94. The second-order valence-electron chi connectivity index (χ2n) is 4.23. The van der Waals surface area contributed by atoms with Gasteiger partial charge < -0.3 is 5.11 Å². The van der Waals surface area contributed by atoms with Crippen molar-refractivity contribution in [2.45, 2.75) is 25.9 Å². The summed E-state index contributed by atoms with van der Waals surface area (Å²) < 4.78 is 39.1. The fraction of sp³-hybridized carbons (Fsp3) is 0.333. The molecule has 2 aromatic heterocycles. The van der Waals surface area contributed by atoms with E-state index in [-0.39, 0.29) is 22.1 Å². The van der Waals surface area contributed by atoms with Crippen LogP contribution in [0.15, 0.2) is 12.3 Å². The third kappa shape index (κ3) is 2.45. The maximum atomic E-state index is 12.7. The lowest BCUT2D eigenvalue weighted by Gasteiger charge is -2.08. The lowest BCUT2D eigenvalue weighted by molar-refractivity contribution is -0.137. The first-order valence-electron chi connectivity index (χ1n) is 5.76. The Bertz CT molecular complexity index is 679. The normalized spacial score (nSPS) is 12.1. The Morgan fingerprint density at radius 2 is 2.15 bits per heavy atom. The summed E-state index contributed by atoms with van der Waals surface area (Å²) in [7, 11) is 0. The van der Waals surface area contributed by atoms with E-state index in [4.69, 9.17) is 11.6 Å². The third-order valence-electron chi connectivity index (χ3n) is 2.76. The van der Waals surface area contributed by atoms with Crippen molar-refractivity contribution >= 4 is 23.2 Å². The molecule has 0 atom stereocenters. The van der Waals surface area contributed by atoms with Gasteiger partial charge in [0, 0.05) is 6.20 Å². The fourth-order valence-corrected chi connectivity index (χ4v) is 2.19. The zero-order valence-electron chi connectivity index (χ0n) is 10.3. The van der Waals surface area contributed by atoms with Crippen LogP contribution in [0.4, 0.5) is 13.2 Å². The maximum absolute atomic E-state index is 12.7. The van der Waals surface area contributed by atoms with Crippen molar-refractivity contribution in [2.75, 3.05) is 0 Å². The summed E-state index contributed by atoms with van der Waals surface area (Å²) in [5, 5.41) is 8.95. The highest BCUT2D eigenvalue weighted by Crippen LogP contribution is 2.33. The predicted octanol–water partition coefficient (Wildman–Crippen LogP) is 3.66. The van der Waals surface area contributed by atoms with Gasteiger partial charge in [-0.2, -0.15) is 13.2 Å². The van der Waals surface area contributed by atoms with E-state index in [0.29, 0.717) is 19.0 Å². The SMILES string of the molecule is CCCc1nc2c(Cl)cc(C(F)(F)F)cn2c1C(=O)O. The number of rotatable bonds is 3. The van der Waals surface area contributed by atoms with Crippen molar-refractivity contribution in [3.05, 3.63) is 34.2 Å². The van der Waals surface area contributed by atoms with E-state index in [1.807, 2.05) is 6.92 Å². The number of nitrogens with zero attached hydrogens (tertiary/aromatic N) is 2. The van der Waals surface area contributed by atoms with Crippen molar-refractivity contribution < 1.29 is 23.1 Å². The highest BCUT2D eigenvalue weighted by molar-refractivity contribution is 6.33. The number of aryl methyl sites for hydroxylation is 1. The number of halogens is 4. The van der Waals surface area contributed by atoms with Crippen LogP contribution in [0.2, 0.25) is 5.02 Å². The molecule has 0 fully saturated rings. The average molecular weight is 307 g/mol. The largest absolute Gasteiger partial charge is 0.477 e. The Balaban J connectivity index is 2.80. The molecule has 0 radical (unpaired) electrons. The molecular weight excluding hydrogens is 297 g/mol. The van der Waals surface area contributed by atoms with E-state index in [0.717, 1.165) is 10.5 Å². The van der Waals surface area contributed by atoms with Crippen molar-refractivity contribution in [2.24, 2.45) is 0 Å². The topological polar surface area (TPSA) is 54.6 Å². The molecule has 0 aliphatic heterocycles. The molecule has 0 bridgehead atoms. The smallest absolute Gasteiger partial charge is 0.417 e. The molecule has 2 rings (SSSR count). The van der Waals surface area contributed by atoms with Crippen LogP contribution in [0.5, 0.6) is 0 Å². The molecule has 0 saturated carbocycles. The van der Waals surface area contributed by atoms with Crippen molar-refractivity contribution in [3.8, 4) is 0 Å². The van der Waals surface area contributed by atoms with Crippen molar-refractivity contribution in [3.63, 3.8) is 0 Å². The summed E-state index contributed by atoms with van der Waals surface area (Å²) in [6.45, 7) is 1.82. The first-order chi connectivity index (χ1) is 9.25. The van der Waals surface area contributed by atoms with Crippen LogP contribution in [0.3, 0.4) is 0 Å². The number of aromatic carboxylic acids is 1. The second kappa shape index (κ2) is 4.97. The molecule has 4 nitrogen and oxygen atoms in total. The summed E-state index contributed by atoms with van der Waals surface area (Å²) in [4.78, 5) is 15.3. The molecule has 0 amide bonds. The minimum atomic E-state index is -4.61. The summed E-state index contributed by atoms with van der Waals surface area (Å²) in [5.74, 6) is -1.34. The van der Waals surface area contributed by atoms with Gasteiger partial charge in [-0.05, 0) is 12.5 Å². The number of carboxylic acid groups (broad SMARTS) is 1. The Labute approximate surface area is 116 Å². The number of aromatic nitrogens is 2. The monoisotopic (exact) mass is 306 g/mol. The van der Waals surface area contributed by atoms with Crippen LogP contribution in [0.25, 0.3) is 5.65 Å². The molecule has 2 aromatic rings. The molecule has 0 aliphatic carbocycles. The van der Waals surface area contributed by atoms with Gasteiger partial charge >= 0.3 is 12.1 Å². The van der Waals surface area contributed by atoms with Gasteiger partial charge in [-0.1, -0.05) is 24.9 Å². The Morgan fingerprint density at radius 1 is 1.50 bits per heavy atom. The minimum absolute atomic E-state index is 0.0144. The highest BCUT2D eigenvalue weighted by atomic mass is 35.5. The number of fused-ring (bicyclic) bond motifs is 1. The van der Waals surface area contributed by atoms with E-state index >= 15 is 0 Å². The van der Waals surface area contributed by atoms with Gasteiger partial charge in [0.1, 0.15) is 0 Å². The Morgan fingerprint density at radius 3 is 2.65 bits per heavy atom. The van der Waals surface area contributed by atoms with Crippen LogP contribution in [0.1, 0.15) is 35.1 Å². The van der Waals surface area contributed by atoms with E-state index < -0.39 is 17.7 Å². The molecule has 0 aromatic carbocycles. The summed E-state index contributed by atoms with van der Waals surface area (Å²) in [6, 6.07) is 0.741. The number of carboxylic acids is 1. The van der Waals surface area contributed by atoms with Crippen molar-refractivity contribution in [1.29, 1.82) is 0 Å². The second-order valence-corrected chi connectivity index (χ2v) is 4.64. The standard InChI is InChI=1S/C12H10ClF3N2O2/c1-2-3-8-9(11(19)20)18-5-6(12(14,15)16)4-7(13)10(18)17-8/h4-5H,2-3H2,1H3,(H,19,20). The van der Waals surface area contributed by atoms with Crippen LogP contribution >= 0.6 is 11.6 Å². The van der Waals surface area contributed by atoms with Gasteiger partial charge in [-0.3, -0.25) is 4.40 Å². The Hall–Kier alpha value is -1.76. The molecule has 1 N–H and O–H groups in total. The predicted molar refractivity (Wildman–Crippen MR) is 66.2 cm³/mol. The number of carbonyl (C=O) groups is 1. The molecule has 0 aliphatic rings. The summed E-state index contributed by atoms with van der Waals surface area (Å²) >= 11 is 5.78. The lowest BCUT2D eigenvalue weighted by atomic mass is 10.2. The molecule has 20 heavy (non-hydrogen) atoms. The van der Waals surface area contributed by atoms with Gasteiger partial charge in [-0.25, -0.2) is 9.78 Å². The first kappa shape index (κ1) is 14.6. The van der Waals surface area contributed by atoms with Crippen LogP contribution in [-0.2, 0) is 12.6 Å². The first-order valence-corrected chi connectivity index (χ1v) is 6.14. The average Bonchev–Trinajstić information content (AvgIpc) is 2.67. The van der Waals surface area contributed by atoms with Crippen LogP contribution < -0.4 is 0 Å².